The summed E-state index contributed by atoms with van der Waals surface area (Å²) in [6.45, 7) is 10.7. The van der Waals surface area contributed by atoms with E-state index in [2.05, 4.69) is 21.9 Å². The standard InChI is InChI=1S/C24H41N5O5S/c1-8-10-11-12-34-15-29(23(30)21(27-28-25)17(5)9-2)19(16(3)4)13-20(32-6)22-26-18(14-35-22)24(31)33-7/h14,16-17,19-21H,8-13,15H2,1-7H3/t17-,19+,20+,21?/m0/s1. The Labute approximate surface area is 213 Å². The topological polar surface area (TPSA) is 127 Å². The minimum Gasteiger partial charge on any atom is -0.464 e. The van der Waals surface area contributed by atoms with Gasteiger partial charge in [-0.15, -0.1) is 11.3 Å². The molecule has 0 fully saturated rings. The summed E-state index contributed by atoms with van der Waals surface area (Å²) in [5, 5.41) is 6.11. The number of unbranched alkanes of at least 4 members (excludes halogenated alkanes) is 2. The number of nitrogens with zero attached hydrogens (tertiary/aromatic N) is 5. The summed E-state index contributed by atoms with van der Waals surface area (Å²) >= 11 is 1.31. The molecule has 198 valence electrons. The molecule has 1 rings (SSSR count). The molecular weight excluding hydrogens is 470 g/mol. The molecule has 0 saturated carbocycles. The fourth-order valence-corrected chi connectivity index (χ4v) is 4.58. The van der Waals surface area contributed by atoms with E-state index in [9.17, 15) is 9.59 Å². The number of carbonyl (C=O) groups excluding carboxylic acids is 2. The number of hydrogen-bond acceptors (Lipinski definition) is 8. The molecule has 0 aliphatic heterocycles. The zero-order valence-corrected chi connectivity index (χ0v) is 22.9. The number of esters is 1. The Morgan fingerprint density at radius 2 is 1.94 bits per heavy atom. The highest BCUT2D eigenvalue weighted by molar-refractivity contribution is 7.09. The van der Waals surface area contributed by atoms with Gasteiger partial charge in [-0.1, -0.05) is 59.0 Å². The molecular formula is C24H41N5O5S. The molecule has 10 nitrogen and oxygen atoms in total. The van der Waals surface area contributed by atoms with Crippen molar-refractivity contribution in [3.63, 3.8) is 0 Å². The predicted molar refractivity (Wildman–Crippen MR) is 136 cm³/mol. The molecule has 1 unspecified atom stereocenters. The number of aromatic nitrogens is 1. The van der Waals surface area contributed by atoms with E-state index in [1.807, 2.05) is 27.7 Å². The van der Waals surface area contributed by atoms with Gasteiger partial charge in [0.25, 0.3) is 0 Å². The summed E-state index contributed by atoms with van der Waals surface area (Å²) in [6, 6.07) is -1.10. The second-order valence-corrected chi connectivity index (χ2v) is 9.81. The Kier molecular flexibility index (Phi) is 14.5. The van der Waals surface area contributed by atoms with E-state index < -0.39 is 18.1 Å². The van der Waals surface area contributed by atoms with Crippen molar-refractivity contribution >= 4 is 23.2 Å². The molecule has 0 spiro atoms. The number of thiazole rings is 1. The van der Waals surface area contributed by atoms with Crippen LogP contribution in [-0.4, -0.2) is 61.4 Å². The Morgan fingerprint density at radius 1 is 1.23 bits per heavy atom. The summed E-state index contributed by atoms with van der Waals surface area (Å²) in [4.78, 5) is 34.6. The van der Waals surface area contributed by atoms with Crippen LogP contribution in [0.5, 0.6) is 0 Å². The van der Waals surface area contributed by atoms with Gasteiger partial charge in [-0.05, 0) is 23.8 Å². The van der Waals surface area contributed by atoms with Crippen molar-refractivity contribution in [1.29, 1.82) is 0 Å². The molecule has 0 bridgehead atoms. The first-order valence-corrected chi connectivity index (χ1v) is 13.1. The fraction of sp³-hybridized carbons (Fsp3) is 0.792. The van der Waals surface area contributed by atoms with Gasteiger partial charge in [0.2, 0.25) is 5.91 Å². The molecule has 1 amide bonds. The number of hydrogen-bond donors (Lipinski definition) is 0. The van der Waals surface area contributed by atoms with Crippen molar-refractivity contribution in [1.82, 2.24) is 9.88 Å². The van der Waals surface area contributed by atoms with E-state index in [1.165, 1.54) is 18.4 Å². The molecule has 1 heterocycles. The number of carbonyl (C=O) groups is 2. The van der Waals surface area contributed by atoms with Crippen LogP contribution in [0.4, 0.5) is 0 Å². The molecule has 0 aromatic carbocycles. The van der Waals surface area contributed by atoms with Crippen molar-refractivity contribution in [3.8, 4) is 0 Å². The van der Waals surface area contributed by atoms with Crippen LogP contribution in [0.3, 0.4) is 0 Å². The molecule has 1 aromatic heterocycles. The van der Waals surface area contributed by atoms with Gasteiger partial charge in [-0.2, -0.15) is 0 Å². The molecule has 0 saturated heterocycles. The molecule has 0 radical (unpaired) electrons. The van der Waals surface area contributed by atoms with Crippen LogP contribution in [0.25, 0.3) is 10.4 Å². The van der Waals surface area contributed by atoms with Crippen LogP contribution in [0.15, 0.2) is 10.5 Å². The van der Waals surface area contributed by atoms with Gasteiger partial charge in [-0.3, -0.25) is 4.79 Å². The maximum atomic E-state index is 13.7. The lowest BCUT2D eigenvalue weighted by atomic mass is 9.93. The van der Waals surface area contributed by atoms with E-state index >= 15 is 0 Å². The third-order valence-corrected chi connectivity index (χ3v) is 7.06. The van der Waals surface area contributed by atoms with E-state index in [4.69, 9.17) is 19.7 Å². The van der Waals surface area contributed by atoms with Crippen LogP contribution in [0, 0.1) is 11.8 Å². The molecule has 0 aliphatic rings. The van der Waals surface area contributed by atoms with E-state index in [0.29, 0.717) is 24.5 Å². The smallest absolute Gasteiger partial charge is 0.357 e. The molecule has 11 heteroatoms. The average molecular weight is 512 g/mol. The Bertz CT molecular complexity index is 827. The van der Waals surface area contributed by atoms with Gasteiger partial charge >= 0.3 is 5.97 Å². The highest BCUT2D eigenvalue weighted by Crippen LogP contribution is 2.31. The largest absolute Gasteiger partial charge is 0.464 e. The van der Waals surface area contributed by atoms with Crippen molar-refractivity contribution in [2.24, 2.45) is 17.0 Å². The van der Waals surface area contributed by atoms with Crippen LogP contribution >= 0.6 is 11.3 Å². The Hall–Kier alpha value is -2.20. The minimum absolute atomic E-state index is 0.0551. The second-order valence-electron chi connectivity index (χ2n) is 8.92. The number of rotatable bonds is 17. The minimum atomic E-state index is -0.822. The van der Waals surface area contributed by atoms with Crippen molar-refractivity contribution in [2.45, 2.75) is 84.9 Å². The Balaban J connectivity index is 3.25. The van der Waals surface area contributed by atoms with Gasteiger partial charge in [0.1, 0.15) is 23.9 Å². The van der Waals surface area contributed by atoms with Crippen LogP contribution in [0.1, 0.15) is 88.3 Å². The molecule has 1 aromatic rings. The first-order valence-electron chi connectivity index (χ1n) is 12.2. The molecule has 35 heavy (non-hydrogen) atoms. The molecule has 0 N–H and O–H groups in total. The maximum absolute atomic E-state index is 13.7. The monoisotopic (exact) mass is 511 g/mol. The predicted octanol–water partition coefficient (Wildman–Crippen LogP) is 5.75. The zero-order chi connectivity index (χ0) is 26.4. The lowest BCUT2D eigenvalue weighted by molar-refractivity contribution is -0.145. The Morgan fingerprint density at radius 3 is 2.49 bits per heavy atom. The third kappa shape index (κ3) is 9.40. The summed E-state index contributed by atoms with van der Waals surface area (Å²) in [7, 11) is 2.89. The highest BCUT2D eigenvalue weighted by atomic mass is 32.1. The van der Waals surface area contributed by atoms with Crippen LogP contribution < -0.4 is 0 Å². The summed E-state index contributed by atoms with van der Waals surface area (Å²) in [5.41, 5.74) is 9.35. The van der Waals surface area contributed by atoms with Crippen molar-refractivity contribution in [3.05, 3.63) is 26.5 Å². The van der Waals surface area contributed by atoms with Gasteiger partial charge in [0.15, 0.2) is 5.69 Å². The van der Waals surface area contributed by atoms with Gasteiger partial charge < -0.3 is 19.1 Å². The van der Waals surface area contributed by atoms with E-state index in [0.717, 1.165) is 19.3 Å². The van der Waals surface area contributed by atoms with Gasteiger partial charge in [0, 0.05) is 36.5 Å². The summed E-state index contributed by atoms with van der Waals surface area (Å²) in [6.07, 6.45) is 3.73. The molecule has 0 aliphatic carbocycles. The maximum Gasteiger partial charge on any atom is 0.357 e. The van der Waals surface area contributed by atoms with Crippen LogP contribution in [0.2, 0.25) is 0 Å². The average Bonchev–Trinajstić information content (AvgIpc) is 3.34. The van der Waals surface area contributed by atoms with E-state index in [1.54, 1.807) is 17.4 Å². The zero-order valence-electron chi connectivity index (χ0n) is 22.1. The van der Waals surface area contributed by atoms with Crippen molar-refractivity contribution in [2.75, 3.05) is 27.6 Å². The van der Waals surface area contributed by atoms with Crippen LogP contribution in [-0.2, 0) is 19.0 Å². The van der Waals surface area contributed by atoms with Crippen molar-refractivity contribution < 1.29 is 23.8 Å². The summed E-state index contributed by atoms with van der Waals surface area (Å²) in [5.74, 6) is -0.825. The molecule has 4 atom stereocenters. The lowest BCUT2D eigenvalue weighted by Crippen LogP contribution is -2.50. The first-order chi connectivity index (χ1) is 16.7. The highest BCUT2D eigenvalue weighted by Gasteiger charge is 2.35. The number of azide groups is 1. The quantitative estimate of drug-likeness (QED) is 0.0654. The third-order valence-electron chi connectivity index (χ3n) is 6.12. The SMILES string of the molecule is CCCCCOCN(C(=O)C(N=[N+]=[N-])[C@@H](C)CC)[C@H](C[C@@H](OC)c1nc(C(=O)OC)cs1)C(C)C. The number of amides is 1. The van der Waals surface area contributed by atoms with Gasteiger partial charge in [0.05, 0.1) is 7.11 Å². The second kappa shape index (κ2) is 16.5. The van der Waals surface area contributed by atoms with Gasteiger partial charge in [-0.25, -0.2) is 9.78 Å². The lowest BCUT2D eigenvalue weighted by Gasteiger charge is -2.38. The normalized spacial score (nSPS) is 14.6. The summed E-state index contributed by atoms with van der Waals surface area (Å²) < 4.78 is 16.4. The first kappa shape index (κ1) is 30.8. The number of ether oxygens (including phenoxy) is 3. The fourth-order valence-electron chi connectivity index (χ4n) is 3.71. The van der Waals surface area contributed by atoms with E-state index in [-0.39, 0.29) is 36.2 Å². The number of methoxy groups -OCH3 is 2.